The Hall–Kier alpha value is -4.28. The van der Waals surface area contributed by atoms with E-state index in [1.807, 2.05) is 41.7 Å². The zero-order valence-electron chi connectivity index (χ0n) is 18.1. The van der Waals surface area contributed by atoms with Gasteiger partial charge >= 0.3 is 0 Å². The van der Waals surface area contributed by atoms with Crippen LogP contribution in [0.1, 0.15) is 0 Å². The second kappa shape index (κ2) is 7.65. The van der Waals surface area contributed by atoms with Crippen LogP contribution in [0.4, 0.5) is 0 Å². The molecule has 0 aliphatic rings. The van der Waals surface area contributed by atoms with E-state index in [-0.39, 0.29) is 0 Å². The van der Waals surface area contributed by atoms with Crippen molar-refractivity contribution in [3.05, 3.63) is 109 Å². The summed E-state index contributed by atoms with van der Waals surface area (Å²) >= 11 is 1.85. The fourth-order valence-corrected chi connectivity index (χ4v) is 5.94. The predicted octanol–water partition coefficient (Wildman–Crippen LogP) is 8.59. The molecular formula is C30H18N2OS. The van der Waals surface area contributed by atoms with Crippen LogP contribution >= 0.6 is 11.3 Å². The van der Waals surface area contributed by atoms with E-state index in [0.29, 0.717) is 11.8 Å². The van der Waals surface area contributed by atoms with Gasteiger partial charge < -0.3 is 4.42 Å². The van der Waals surface area contributed by atoms with Crippen LogP contribution in [0, 0.1) is 0 Å². The summed E-state index contributed by atoms with van der Waals surface area (Å²) in [5.74, 6) is 1.06. The Balaban J connectivity index is 1.43. The smallest absolute Gasteiger partial charge is 0.248 e. The van der Waals surface area contributed by atoms with Gasteiger partial charge in [-0.15, -0.1) is 21.5 Å². The van der Waals surface area contributed by atoms with Gasteiger partial charge in [-0.25, -0.2) is 0 Å². The molecule has 0 radical (unpaired) electrons. The molecule has 0 atom stereocenters. The lowest BCUT2D eigenvalue weighted by Crippen LogP contribution is -1.86. The van der Waals surface area contributed by atoms with Gasteiger partial charge in [-0.1, -0.05) is 84.9 Å². The van der Waals surface area contributed by atoms with E-state index < -0.39 is 0 Å². The third-order valence-corrected chi connectivity index (χ3v) is 7.51. The molecule has 3 nitrogen and oxygen atoms in total. The maximum Gasteiger partial charge on any atom is 0.248 e. The quantitative estimate of drug-likeness (QED) is 0.268. The maximum absolute atomic E-state index is 6.10. The number of fused-ring (bicyclic) bond motifs is 4. The number of aromatic nitrogens is 2. The zero-order valence-corrected chi connectivity index (χ0v) is 18.9. The molecule has 7 rings (SSSR count). The molecule has 0 aliphatic carbocycles. The molecule has 5 aromatic carbocycles. The number of benzene rings is 5. The molecule has 2 aromatic heterocycles. The molecule has 34 heavy (non-hydrogen) atoms. The predicted molar refractivity (Wildman–Crippen MR) is 141 cm³/mol. The third kappa shape index (κ3) is 2.96. The molecule has 0 unspecified atom stereocenters. The molecule has 0 aliphatic heterocycles. The molecule has 0 bridgehead atoms. The van der Waals surface area contributed by atoms with Crippen molar-refractivity contribution >= 4 is 42.3 Å². The molecule has 4 heteroatoms. The van der Waals surface area contributed by atoms with Crippen molar-refractivity contribution in [2.75, 3.05) is 0 Å². The highest BCUT2D eigenvalue weighted by Crippen LogP contribution is 2.43. The van der Waals surface area contributed by atoms with Crippen molar-refractivity contribution in [3.8, 4) is 34.0 Å². The van der Waals surface area contributed by atoms with Gasteiger partial charge in [0.15, 0.2) is 0 Å². The van der Waals surface area contributed by atoms with E-state index in [1.165, 1.54) is 36.7 Å². The van der Waals surface area contributed by atoms with Crippen LogP contribution in [0.25, 0.3) is 65.0 Å². The zero-order chi connectivity index (χ0) is 22.5. The average Bonchev–Trinajstić information content (AvgIpc) is 3.54. The van der Waals surface area contributed by atoms with Gasteiger partial charge in [0.05, 0.1) is 0 Å². The van der Waals surface area contributed by atoms with Crippen LogP contribution in [-0.2, 0) is 0 Å². The highest BCUT2D eigenvalue weighted by Gasteiger charge is 2.17. The first-order valence-electron chi connectivity index (χ1n) is 11.2. The minimum Gasteiger partial charge on any atom is -0.416 e. The minimum absolute atomic E-state index is 0.527. The Morgan fingerprint density at radius 1 is 0.471 bits per heavy atom. The van der Waals surface area contributed by atoms with Crippen LogP contribution in [0.15, 0.2) is 114 Å². The molecule has 0 saturated carbocycles. The largest absolute Gasteiger partial charge is 0.416 e. The molecule has 0 spiro atoms. The Morgan fingerprint density at radius 3 is 1.97 bits per heavy atom. The lowest BCUT2D eigenvalue weighted by molar-refractivity contribution is 0.585. The Bertz CT molecular complexity index is 1810. The summed E-state index contributed by atoms with van der Waals surface area (Å²) < 4.78 is 8.72. The molecule has 0 saturated heterocycles. The number of hydrogen-bond donors (Lipinski definition) is 0. The fraction of sp³-hybridized carbons (Fsp3) is 0. The number of rotatable bonds is 3. The van der Waals surface area contributed by atoms with Crippen LogP contribution < -0.4 is 0 Å². The molecule has 0 amide bonds. The van der Waals surface area contributed by atoms with Gasteiger partial charge in [-0.3, -0.25) is 0 Å². The van der Waals surface area contributed by atoms with Crippen molar-refractivity contribution < 1.29 is 4.42 Å². The SMILES string of the molecule is c1ccc(-c2nnc(-c3ccc(-c4cccc5c4sc4ccccc45)c4ccccc34)o2)cc1. The summed E-state index contributed by atoms with van der Waals surface area (Å²) in [5, 5.41) is 13.6. The lowest BCUT2D eigenvalue weighted by atomic mass is 9.94. The van der Waals surface area contributed by atoms with E-state index in [0.717, 1.165) is 16.5 Å². The van der Waals surface area contributed by atoms with E-state index in [9.17, 15) is 0 Å². The molecule has 160 valence electrons. The van der Waals surface area contributed by atoms with Crippen molar-refractivity contribution in [2.24, 2.45) is 0 Å². The van der Waals surface area contributed by atoms with Crippen LogP contribution in [-0.4, -0.2) is 10.2 Å². The van der Waals surface area contributed by atoms with Crippen molar-refractivity contribution in [3.63, 3.8) is 0 Å². The van der Waals surface area contributed by atoms with Crippen molar-refractivity contribution in [1.29, 1.82) is 0 Å². The fourth-order valence-electron chi connectivity index (χ4n) is 4.71. The summed E-state index contributed by atoms with van der Waals surface area (Å²) in [4.78, 5) is 0. The monoisotopic (exact) mass is 454 g/mol. The van der Waals surface area contributed by atoms with Gasteiger partial charge in [0.25, 0.3) is 0 Å². The van der Waals surface area contributed by atoms with Crippen LogP contribution in [0.2, 0.25) is 0 Å². The minimum atomic E-state index is 0.527. The first-order chi connectivity index (χ1) is 16.9. The standard InChI is InChI=1S/C30H18N2OS/c1-2-9-19(10-3-1)29-31-32-30(33-29)26-18-17-22(20-11-4-5-12-21(20)26)24-14-8-15-25-23-13-6-7-16-27(23)34-28(24)25/h1-18H. The molecule has 0 fully saturated rings. The van der Waals surface area contributed by atoms with E-state index >= 15 is 0 Å². The Labute approximate surface area is 199 Å². The summed E-state index contributed by atoms with van der Waals surface area (Å²) in [6.45, 7) is 0. The van der Waals surface area contributed by atoms with E-state index in [4.69, 9.17) is 4.42 Å². The maximum atomic E-state index is 6.10. The highest BCUT2D eigenvalue weighted by atomic mass is 32.1. The lowest BCUT2D eigenvalue weighted by Gasteiger charge is -2.11. The highest BCUT2D eigenvalue weighted by molar-refractivity contribution is 7.26. The second-order valence-electron chi connectivity index (χ2n) is 8.27. The van der Waals surface area contributed by atoms with E-state index in [2.05, 4.69) is 89.1 Å². The summed E-state index contributed by atoms with van der Waals surface area (Å²) in [7, 11) is 0. The van der Waals surface area contributed by atoms with Gasteiger partial charge in [0.1, 0.15) is 0 Å². The number of hydrogen-bond acceptors (Lipinski definition) is 4. The molecule has 0 N–H and O–H groups in total. The van der Waals surface area contributed by atoms with E-state index in [1.54, 1.807) is 0 Å². The molecular weight excluding hydrogens is 436 g/mol. The van der Waals surface area contributed by atoms with Crippen molar-refractivity contribution in [2.45, 2.75) is 0 Å². The summed E-state index contributed by atoms with van der Waals surface area (Å²) in [5.41, 5.74) is 4.31. The second-order valence-corrected chi connectivity index (χ2v) is 9.32. The molecule has 2 heterocycles. The van der Waals surface area contributed by atoms with Crippen LogP contribution in [0.5, 0.6) is 0 Å². The van der Waals surface area contributed by atoms with Gasteiger partial charge in [-0.05, 0) is 40.6 Å². The first-order valence-corrected chi connectivity index (χ1v) is 12.0. The number of nitrogens with zero attached hydrogens (tertiary/aromatic N) is 2. The van der Waals surface area contributed by atoms with Gasteiger partial charge in [-0.2, -0.15) is 0 Å². The Kier molecular flexibility index (Phi) is 4.32. The average molecular weight is 455 g/mol. The van der Waals surface area contributed by atoms with Gasteiger partial charge in [0, 0.05) is 36.9 Å². The van der Waals surface area contributed by atoms with Gasteiger partial charge in [0.2, 0.25) is 11.8 Å². The normalized spacial score (nSPS) is 11.5. The topological polar surface area (TPSA) is 38.9 Å². The first kappa shape index (κ1) is 19.2. The number of thiophene rings is 1. The van der Waals surface area contributed by atoms with Crippen LogP contribution in [0.3, 0.4) is 0 Å². The molecule has 7 aromatic rings. The van der Waals surface area contributed by atoms with Crippen molar-refractivity contribution in [1.82, 2.24) is 10.2 Å². The third-order valence-electron chi connectivity index (χ3n) is 6.29. The Morgan fingerprint density at radius 2 is 1.12 bits per heavy atom. The summed E-state index contributed by atoms with van der Waals surface area (Å²) in [6, 6.07) is 37.8. The summed E-state index contributed by atoms with van der Waals surface area (Å²) in [6.07, 6.45) is 0.